The standard InChI is InChI=1S/C6H14O2.6CH4/c1-2-6(8)4-3-5-7;;;;;;/h6-8H,2-5H2,1H3;6*1H4. The van der Waals surface area contributed by atoms with Crippen LogP contribution in [0.25, 0.3) is 0 Å². The van der Waals surface area contributed by atoms with E-state index in [4.69, 9.17) is 10.2 Å². The second-order valence-electron chi connectivity index (χ2n) is 1.93. The Morgan fingerprint density at radius 1 is 0.929 bits per heavy atom. The van der Waals surface area contributed by atoms with Crippen LogP contribution < -0.4 is 0 Å². The fraction of sp³-hybridized carbons (Fsp3) is 1.00. The number of hydrogen-bond donors (Lipinski definition) is 2. The van der Waals surface area contributed by atoms with E-state index in [1.54, 1.807) is 0 Å². The van der Waals surface area contributed by atoms with Crippen LogP contribution in [-0.2, 0) is 0 Å². The van der Waals surface area contributed by atoms with Crippen LogP contribution >= 0.6 is 0 Å². The van der Waals surface area contributed by atoms with Crippen LogP contribution in [0.5, 0.6) is 0 Å². The summed E-state index contributed by atoms with van der Waals surface area (Å²) in [7, 11) is 0. The minimum absolute atomic E-state index is 0. The topological polar surface area (TPSA) is 40.5 Å². The molecule has 0 bridgehead atoms. The van der Waals surface area contributed by atoms with Gasteiger partial charge in [0.2, 0.25) is 0 Å². The van der Waals surface area contributed by atoms with Gasteiger partial charge in [-0.3, -0.25) is 0 Å². The molecular weight excluding hydrogens is 176 g/mol. The molecule has 98 valence electrons. The van der Waals surface area contributed by atoms with Gasteiger partial charge in [0.15, 0.2) is 0 Å². The highest BCUT2D eigenvalue weighted by atomic mass is 16.3. The molecular formula is C12H38O2. The molecule has 14 heavy (non-hydrogen) atoms. The molecule has 0 saturated carbocycles. The Morgan fingerprint density at radius 3 is 1.50 bits per heavy atom. The fourth-order valence-electron chi connectivity index (χ4n) is 0.531. The first-order chi connectivity index (χ1) is 3.81. The van der Waals surface area contributed by atoms with E-state index >= 15 is 0 Å². The van der Waals surface area contributed by atoms with E-state index in [9.17, 15) is 0 Å². The van der Waals surface area contributed by atoms with E-state index in [0.29, 0.717) is 0 Å². The Balaban J connectivity index is -0.0000000163. The van der Waals surface area contributed by atoms with Gasteiger partial charge in [0.1, 0.15) is 0 Å². The quantitative estimate of drug-likeness (QED) is 0.730. The highest BCUT2D eigenvalue weighted by Gasteiger charge is 1.96. The van der Waals surface area contributed by atoms with Crippen molar-refractivity contribution in [3.63, 3.8) is 0 Å². The lowest BCUT2D eigenvalue weighted by Gasteiger charge is -2.03. The highest BCUT2D eigenvalue weighted by molar-refractivity contribution is 4.50. The Kier molecular flexibility index (Phi) is 133. The summed E-state index contributed by atoms with van der Waals surface area (Å²) in [6.45, 7) is 2.12. The molecule has 0 fully saturated rings. The smallest absolute Gasteiger partial charge is 0.0538 e. The van der Waals surface area contributed by atoms with E-state index in [0.717, 1.165) is 19.3 Å². The first-order valence-electron chi connectivity index (χ1n) is 3.10. The molecule has 0 saturated heterocycles. The summed E-state index contributed by atoms with van der Waals surface area (Å²) in [5, 5.41) is 17.2. The van der Waals surface area contributed by atoms with Gasteiger partial charge in [-0.1, -0.05) is 51.5 Å². The van der Waals surface area contributed by atoms with Crippen molar-refractivity contribution in [2.24, 2.45) is 0 Å². The third-order valence-corrected chi connectivity index (χ3v) is 1.17. The number of hydrogen-bond acceptors (Lipinski definition) is 2. The van der Waals surface area contributed by atoms with Crippen molar-refractivity contribution >= 4 is 0 Å². The molecule has 0 aromatic carbocycles. The normalized spacial score (nSPS) is 7.93. The second kappa shape index (κ2) is 38.3. The van der Waals surface area contributed by atoms with Crippen LogP contribution in [0.1, 0.15) is 70.7 Å². The third kappa shape index (κ3) is 40.6. The van der Waals surface area contributed by atoms with Crippen molar-refractivity contribution < 1.29 is 10.2 Å². The molecule has 1 atom stereocenters. The molecule has 0 rings (SSSR count). The lowest BCUT2D eigenvalue weighted by atomic mass is 10.2. The van der Waals surface area contributed by atoms with E-state index in [1.165, 1.54) is 0 Å². The summed E-state index contributed by atoms with van der Waals surface area (Å²) in [4.78, 5) is 0. The SMILES string of the molecule is C.C.C.C.C.C.CCC(O)CCCO. The fourth-order valence-corrected chi connectivity index (χ4v) is 0.531. The van der Waals surface area contributed by atoms with E-state index < -0.39 is 0 Å². The zero-order valence-corrected chi connectivity index (χ0v) is 5.30. The predicted molar refractivity (Wildman–Crippen MR) is 73.0 cm³/mol. The molecule has 0 aromatic rings. The summed E-state index contributed by atoms with van der Waals surface area (Å²) in [5.41, 5.74) is 0. The molecule has 0 heterocycles. The van der Waals surface area contributed by atoms with Gasteiger partial charge in [-0.05, 0) is 19.3 Å². The number of rotatable bonds is 4. The Labute approximate surface area is 94.4 Å². The first kappa shape index (κ1) is 48.5. The Bertz CT molecular complexity index is 47.6. The van der Waals surface area contributed by atoms with E-state index in [1.807, 2.05) is 6.92 Å². The molecule has 0 aliphatic heterocycles. The van der Waals surface area contributed by atoms with Gasteiger partial charge in [0.25, 0.3) is 0 Å². The number of aliphatic hydroxyl groups excluding tert-OH is 2. The van der Waals surface area contributed by atoms with Crippen LogP contribution in [0, 0.1) is 0 Å². The summed E-state index contributed by atoms with van der Waals surface area (Å²) in [5.74, 6) is 0. The minimum atomic E-state index is -0.206. The predicted octanol–water partition coefficient (Wildman–Crippen LogP) is 4.35. The summed E-state index contributed by atoms with van der Waals surface area (Å²) >= 11 is 0. The first-order valence-corrected chi connectivity index (χ1v) is 3.10. The number of aliphatic hydroxyl groups is 2. The molecule has 0 amide bonds. The summed E-state index contributed by atoms with van der Waals surface area (Å²) in [6, 6.07) is 0. The van der Waals surface area contributed by atoms with Gasteiger partial charge in [0.05, 0.1) is 6.10 Å². The Morgan fingerprint density at radius 2 is 1.29 bits per heavy atom. The molecule has 0 spiro atoms. The van der Waals surface area contributed by atoms with Gasteiger partial charge in [0, 0.05) is 6.61 Å². The third-order valence-electron chi connectivity index (χ3n) is 1.17. The maximum Gasteiger partial charge on any atom is 0.0538 e. The largest absolute Gasteiger partial charge is 0.396 e. The molecule has 0 aromatic heterocycles. The van der Waals surface area contributed by atoms with E-state index in [-0.39, 0.29) is 57.3 Å². The molecule has 2 nitrogen and oxygen atoms in total. The zero-order valence-electron chi connectivity index (χ0n) is 5.30. The van der Waals surface area contributed by atoms with Crippen LogP contribution in [-0.4, -0.2) is 22.9 Å². The van der Waals surface area contributed by atoms with Gasteiger partial charge in [-0.25, -0.2) is 0 Å². The molecule has 0 aliphatic carbocycles. The van der Waals surface area contributed by atoms with Crippen LogP contribution in [0.3, 0.4) is 0 Å². The van der Waals surface area contributed by atoms with Gasteiger partial charge in [-0.15, -0.1) is 0 Å². The van der Waals surface area contributed by atoms with Crippen molar-refractivity contribution in [3.05, 3.63) is 0 Å². The van der Waals surface area contributed by atoms with Crippen LogP contribution in [0.2, 0.25) is 0 Å². The molecule has 2 N–H and O–H groups in total. The second-order valence-corrected chi connectivity index (χ2v) is 1.93. The van der Waals surface area contributed by atoms with Crippen molar-refractivity contribution in [1.29, 1.82) is 0 Å². The molecule has 0 aliphatic rings. The average Bonchev–Trinajstić information content (AvgIpc) is 1.83. The van der Waals surface area contributed by atoms with Crippen LogP contribution in [0.4, 0.5) is 0 Å². The minimum Gasteiger partial charge on any atom is -0.396 e. The van der Waals surface area contributed by atoms with Crippen molar-refractivity contribution in [2.75, 3.05) is 6.61 Å². The van der Waals surface area contributed by atoms with Crippen molar-refractivity contribution in [2.45, 2.75) is 76.9 Å². The lowest BCUT2D eigenvalue weighted by Crippen LogP contribution is -2.04. The Hall–Kier alpha value is -0.0800. The molecule has 2 heteroatoms. The summed E-state index contributed by atoms with van der Waals surface area (Å²) in [6.07, 6.45) is 2.03. The van der Waals surface area contributed by atoms with Gasteiger partial charge < -0.3 is 10.2 Å². The summed E-state index contributed by atoms with van der Waals surface area (Å²) < 4.78 is 0. The van der Waals surface area contributed by atoms with Crippen molar-refractivity contribution in [3.8, 4) is 0 Å². The highest BCUT2D eigenvalue weighted by Crippen LogP contribution is 1.98. The van der Waals surface area contributed by atoms with Crippen LogP contribution in [0.15, 0.2) is 0 Å². The lowest BCUT2D eigenvalue weighted by molar-refractivity contribution is 0.146. The van der Waals surface area contributed by atoms with E-state index in [2.05, 4.69) is 0 Å². The van der Waals surface area contributed by atoms with Gasteiger partial charge >= 0.3 is 0 Å². The molecule has 1 unspecified atom stereocenters. The zero-order chi connectivity index (χ0) is 6.41. The van der Waals surface area contributed by atoms with Gasteiger partial charge in [-0.2, -0.15) is 0 Å². The van der Waals surface area contributed by atoms with Crippen molar-refractivity contribution in [1.82, 2.24) is 0 Å². The monoisotopic (exact) mass is 214 g/mol. The maximum absolute atomic E-state index is 8.88. The maximum atomic E-state index is 8.88. The molecule has 0 radical (unpaired) electrons. The average molecular weight is 214 g/mol.